The van der Waals surface area contributed by atoms with E-state index in [1.165, 1.54) is 0 Å². The molecule has 1 aromatic rings. The van der Waals surface area contributed by atoms with Gasteiger partial charge in [-0.3, -0.25) is 0 Å². The number of carbonyl (C=O) groups excluding carboxylic acids is 1. The molecule has 0 aromatic carbocycles. The molecule has 112 valence electrons. The third-order valence-corrected chi connectivity index (χ3v) is 3.13. The van der Waals surface area contributed by atoms with Gasteiger partial charge < -0.3 is 18.9 Å². The third-order valence-electron chi connectivity index (χ3n) is 3.13. The highest BCUT2D eigenvalue weighted by molar-refractivity contribution is 5.68. The van der Waals surface area contributed by atoms with Crippen LogP contribution in [-0.4, -0.2) is 45.8 Å². The summed E-state index contributed by atoms with van der Waals surface area (Å²) in [6.45, 7) is 10.1. The summed E-state index contributed by atoms with van der Waals surface area (Å²) in [6.07, 6.45) is 3.16. The smallest absolute Gasteiger partial charge is 0.410 e. The zero-order valence-electron chi connectivity index (χ0n) is 12.6. The summed E-state index contributed by atoms with van der Waals surface area (Å²) in [5.74, 6) is 0. The average molecular weight is 281 g/mol. The molecule has 0 spiro atoms. The molecule has 1 saturated heterocycles. The summed E-state index contributed by atoms with van der Waals surface area (Å²) >= 11 is 0. The Balaban J connectivity index is 2.03. The number of nitrogens with zero attached hydrogens (tertiary/aromatic N) is 3. The molecule has 6 heteroatoms. The van der Waals surface area contributed by atoms with E-state index in [9.17, 15) is 4.79 Å². The largest absolute Gasteiger partial charge is 0.444 e. The molecule has 0 N–H and O–H groups in total. The van der Waals surface area contributed by atoms with Gasteiger partial charge in [0.25, 0.3) is 0 Å². The summed E-state index contributed by atoms with van der Waals surface area (Å²) in [7, 11) is 0. The lowest BCUT2D eigenvalue weighted by atomic mass is 10.2. The Morgan fingerprint density at radius 2 is 2.30 bits per heavy atom. The van der Waals surface area contributed by atoms with Crippen molar-refractivity contribution in [2.45, 2.75) is 45.9 Å². The van der Waals surface area contributed by atoms with Crippen LogP contribution in [0.2, 0.25) is 0 Å². The fourth-order valence-electron chi connectivity index (χ4n) is 2.18. The minimum absolute atomic E-state index is 0.140. The lowest BCUT2D eigenvalue weighted by molar-refractivity contribution is -0.0457. The summed E-state index contributed by atoms with van der Waals surface area (Å²) in [5, 5.41) is 0. The first-order valence-corrected chi connectivity index (χ1v) is 7.00. The van der Waals surface area contributed by atoms with Crippen LogP contribution in [0.4, 0.5) is 4.79 Å². The number of aryl methyl sites for hydroxylation is 1. The maximum absolute atomic E-state index is 12.1. The van der Waals surface area contributed by atoms with Crippen molar-refractivity contribution in [1.29, 1.82) is 0 Å². The second kappa shape index (κ2) is 5.83. The van der Waals surface area contributed by atoms with Gasteiger partial charge in [0.2, 0.25) is 0 Å². The average Bonchev–Trinajstić information content (AvgIpc) is 2.85. The summed E-state index contributed by atoms with van der Waals surface area (Å²) in [5.41, 5.74) is 0.525. The lowest BCUT2D eigenvalue weighted by Gasteiger charge is -2.34. The van der Waals surface area contributed by atoms with E-state index in [2.05, 4.69) is 11.9 Å². The minimum atomic E-state index is -0.476. The van der Waals surface area contributed by atoms with Crippen LogP contribution in [0.1, 0.15) is 39.5 Å². The van der Waals surface area contributed by atoms with E-state index >= 15 is 0 Å². The van der Waals surface area contributed by atoms with Gasteiger partial charge in [0.1, 0.15) is 11.7 Å². The SMILES string of the molecule is CCn1cncc1C1CN(C(=O)OC(C)(C)C)CCO1. The second-order valence-corrected chi connectivity index (χ2v) is 5.89. The molecule has 0 saturated carbocycles. The van der Waals surface area contributed by atoms with Crippen molar-refractivity contribution in [1.82, 2.24) is 14.5 Å². The van der Waals surface area contributed by atoms with Gasteiger partial charge in [0, 0.05) is 13.1 Å². The van der Waals surface area contributed by atoms with E-state index in [4.69, 9.17) is 9.47 Å². The Morgan fingerprint density at radius 1 is 1.55 bits per heavy atom. The van der Waals surface area contributed by atoms with Crippen molar-refractivity contribution in [2.75, 3.05) is 19.7 Å². The maximum atomic E-state index is 12.1. The zero-order chi connectivity index (χ0) is 14.8. The molecule has 1 amide bonds. The molecule has 0 bridgehead atoms. The number of hydrogen-bond acceptors (Lipinski definition) is 4. The van der Waals surface area contributed by atoms with Gasteiger partial charge in [-0.2, -0.15) is 0 Å². The van der Waals surface area contributed by atoms with Crippen molar-refractivity contribution in [2.24, 2.45) is 0 Å². The Hall–Kier alpha value is -1.56. The molecule has 1 atom stereocenters. The number of morpholine rings is 1. The van der Waals surface area contributed by atoms with Crippen LogP contribution in [0, 0.1) is 0 Å². The molecule has 1 unspecified atom stereocenters. The molecule has 0 radical (unpaired) electrons. The Bertz CT molecular complexity index is 464. The fourth-order valence-corrected chi connectivity index (χ4v) is 2.18. The molecule has 2 rings (SSSR count). The van der Waals surface area contributed by atoms with Crippen molar-refractivity contribution in [3.8, 4) is 0 Å². The predicted octanol–water partition coefficient (Wildman–Crippen LogP) is 2.21. The first-order chi connectivity index (χ1) is 9.40. The number of carbonyl (C=O) groups is 1. The second-order valence-electron chi connectivity index (χ2n) is 5.89. The molecular weight excluding hydrogens is 258 g/mol. The van der Waals surface area contributed by atoms with Gasteiger partial charge >= 0.3 is 6.09 Å². The number of amides is 1. The van der Waals surface area contributed by atoms with Crippen LogP contribution in [0.15, 0.2) is 12.5 Å². The van der Waals surface area contributed by atoms with E-state index in [-0.39, 0.29) is 12.2 Å². The number of aromatic nitrogens is 2. The molecule has 0 aliphatic carbocycles. The summed E-state index contributed by atoms with van der Waals surface area (Å²) in [4.78, 5) is 18.0. The molecule has 2 heterocycles. The van der Waals surface area contributed by atoms with Gasteiger partial charge in [-0.15, -0.1) is 0 Å². The summed E-state index contributed by atoms with van der Waals surface area (Å²) in [6, 6.07) is 0. The quantitative estimate of drug-likeness (QED) is 0.834. The van der Waals surface area contributed by atoms with Crippen LogP contribution in [0.25, 0.3) is 0 Å². The van der Waals surface area contributed by atoms with Crippen LogP contribution in [0.5, 0.6) is 0 Å². The van der Waals surface area contributed by atoms with Gasteiger partial charge in [-0.05, 0) is 27.7 Å². The van der Waals surface area contributed by atoms with Crippen LogP contribution < -0.4 is 0 Å². The first kappa shape index (κ1) is 14.8. The molecular formula is C14H23N3O3. The fraction of sp³-hybridized carbons (Fsp3) is 0.714. The molecule has 6 nitrogen and oxygen atoms in total. The van der Waals surface area contributed by atoms with Crippen molar-refractivity contribution in [3.05, 3.63) is 18.2 Å². The summed E-state index contributed by atoms with van der Waals surface area (Å²) < 4.78 is 13.2. The minimum Gasteiger partial charge on any atom is -0.444 e. The number of rotatable bonds is 2. The highest BCUT2D eigenvalue weighted by Gasteiger charge is 2.30. The number of imidazole rings is 1. The van der Waals surface area contributed by atoms with Gasteiger partial charge in [0.15, 0.2) is 0 Å². The Labute approximate surface area is 119 Å². The topological polar surface area (TPSA) is 56.6 Å². The van der Waals surface area contributed by atoms with Crippen molar-refractivity contribution >= 4 is 6.09 Å². The maximum Gasteiger partial charge on any atom is 0.410 e. The third kappa shape index (κ3) is 3.50. The standard InChI is InChI=1S/C14H23N3O3/c1-5-16-10-15-8-11(16)12-9-17(6-7-19-12)13(18)20-14(2,3)4/h8,10,12H,5-7,9H2,1-4H3. The van der Waals surface area contributed by atoms with E-state index in [0.29, 0.717) is 19.7 Å². The number of ether oxygens (including phenoxy) is 2. The highest BCUT2D eigenvalue weighted by Crippen LogP contribution is 2.23. The van der Waals surface area contributed by atoms with E-state index < -0.39 is 5.60 Å². The van der Waals surface area contributed by atoms with E-state index in [1.807, 2.05) is 25.3 Å². The molecule has 1 aliphatic rings. The monoisotopic (exact) mass is 281 g/mol. The van der Waals surface area contributed by atoms with Crippen LogP contribution >= 0.6 is 0 Å². The van der Waals surface area contributed by atoms with Crippen LogP contribution in [-0.2, 0) is 16.0 Å². The molecule has 1 aliphatic heterocycles. The number of hydrogen-bond donors (Lipinski definition) is 0. The molecule has 20 heavy (non-hydrogen) atoms. The van der Waals surface area contributed by atoms with E-state index in [0.717, 1.165) is 12.2 Å². The molecule has 1 aromatic heterocycles. The van der Waals surface area contributed by atoms with Gasteiger partial charge in [-0.25, -0.2) is 9.78 Å². The first-order valence-electron chi connectivity index (χ1n) is 7.00. The van der Waals surface area contributed by atoms with E-state index in [1.54, 1.807) is 17.4 Å². The normalized spacial score (nSPS) is 20.0. The highest BCUT2D eigenvalue weighted by atomic mass is 16.6. The molecule has 1 fully saturated rings. The van der Waals surface area contributed by atoms with Crippen molar-refractivity contribution in [3.63, 3.8) is 0 Å². The van der Waals surface area contributed by atoms with Gasteiger partial charge in [0.05, 0.1) is 31.4 Å². The van der Waals surface area contributed by atoms with Crippen molar-refractivity contribution < 1.29 is 14.3 Å². The lowest BCUT2D eigenvalue weighted by Crippen LogP contribution is -2.45. The Morgan fingerprint density at radius 3 is 2.95 bits per heavy atom. The zero-order valence-corrected chi connectivity index (χ0v) is 12.6. The van der Waals surface area contributed by atoms with Crippen LogP contribution in [0.3, 0.4) is 0 Å². The van der Waals surface area contributed by atoms with Gasteiger partial charge in [-0.1, -0.05) is 0 Å². The Kier molecular flexibility index (Phi) is 4.32. The predicted molar refractivity (Wildman–Crippen MR) is 74.4 cm³/mol.